The first-order chi connectivity index (χ1) is 10.1. The first-order valence-corrected chi connectivity index (χ1v) is 7.36. The molecular formula is C14H20N4O2S. The van der Waals surface area contributed by atoms with E-state index in [0.717, 1.165) is 12.1 Å². The largest absolute Gasteiger partial charge is 0.383 e. The van der Waals surface area contributed by atoms with Crippen molar-refractivity contribution < 1.29 is 4.74 Å². The summed E-state index contributed by atoms with van der Waals surface area (Å²) >= 11 is 5.22. The number of nitrogens with zero attached hydrogens (tertiary/aromatic N) is 3. The van der Waals surface area contributed by atoms with Gasteiger partial charge in [-0.1, -0.05) is 6.92 Å². The Morgan fingerprint density at radius 2 is 2.10 bits per heavy atom. The van der Waals surface area contributed by atoms with E-state index in [9.17, 15) is 4.79 Å². The van der Waals surface area contributed by atoms with Crippen LogP contribution in [-0.4, -0.2) is 33.0 Å². The predicted molar refractivity (Wildman–Crippen MR) is 84.0 cm³/mol. The fourth-order valence-electron chi connectivity index (χ4n) is 2.26. The first-order valence-electron chi connectivity index (χ1n) is 6.95. The molecule has 2 rings (SSSR count). The molecule has 0 amide bonds. The second kappa shape index (κ2) is 6.82. The van der Waals surface area contributed by atoms with Crippen molar-refractivity contribution in [3.63, 3.8) is 0 Å². The molecule has 0 aliphatic carbocycles. The fraction of sp³-hybridized carbons (Fsp3) is 0.500. The summed E-state index contributed by atoms with van der Waals surface area (Å²) in [5.74, 6) is 0.562. The number of aromatic amines is 1. The lowest BCUT2D eigenvalue weighted by Crippen LogP contribution is -2.24. The number of H-pyrrole nitrogens is 1. The quantitative estimate of drug-likeness (QED) is 0.830. The average Bonchev–Trinajstić information content (AvgIpc) is 2.82. The third-order valence-electron chi connectivity index (χ3n) is 3.36. The zero-order chi connectivity index (χ0) is 15.4. The molecule has 2 heterocycles. The second-order valence-corrected chi connectivity index (χ2v) is 5.23. The Bertz CT molecular complexity index is 729. The van der Waals surface area contributed by atoms with Gasteiger partial charge in [0.15, 0.2) is 10.6 Å². The number of methoxy groups -OCH3 is 1. The second-order valence-electron chi connectivity index (χ2n) is 4.84. The summed E-state index contributed by atoms with van der Waals surface area (Å²) in [5.41, 5.74) is 1.46. The van der Waals surface area contributed by atoms with Gasteiger partial charge in [0.1, 0.15) is 0 Å². The smallest absolute Gasteiger partial charge is 0.261 e. The number of aryl methyl sites for hydroxylation is 1. The molecule has 0 aliphatic heterocycles. The summed E-state index contributed by atoms with van der Waals surface area (Å²) in [6.45, 7) is 5.75. The number of hydrogen-bond donors (Lipinski definition) is 1. The number of rotatable bonds is 6. The summed E-state index contributed by atoms with van der Waals surface area (Å²) < 4.78 is 9.13. The maximum absolute atomic E-state index is 12.6. The van der Waals surface area contributed by atoms with Crippen LogP contribution in [0.3, 0.4) is 0 Å². The van der Waals surface area contributed by atoms with E-state index >= 15 is 0 Å². The molecule has 0 saturated heterocycles. The number of hydrogen-bond acceptors (Lipinski definition) is 4. The molecule has 2 aromatic heterocycles. The van der Waals surface area contributed by atoms with Crippen LogP contribution in [0.2, 0.25) is 0 Å². The van der Waals surface area contributed by atoms with Gasteiger partial charge in [-0.2, -0.15) is 5.10 Å². The van der Waals surface area contributed by atoms with E-state index in [1.54, 1.807) is 22.3 Å². The van der Waals surface area contributed by atoms with Crippen LogP contribution in [0.5, 0.6) is 0 Å². The molecule has 1 N–H and O–H groups in total. The lowest BCUT2D eigenvalue weighted by Gasteiger charge is -2.11. The monoisotopic (exact) mass is 308 g/mol. The summed E-state index contributed by atoms with van der Waals surface area (Å²) in [4.78, 5) is 12.6. The number of pyridine rings is 1. The van der Waals surface area contributed by atoms with Crippen LogP contribution < -0.4 is 5.56 Å². The van der Waals surface area contributed by atoms with E-state index < -0.39 is 0 Å². The van der Waals surface area contributed by atoms with E-state index in [1.165, 1.54) is 0 Å². The Labute approximate surface area is 128 Å². The van der Waals surface area contributed by atoms with Crippen molar-refractivity contribution in [1.29, 1.82) is 0 Å². The predicted octanol–water partition coefficient (Wildman–Crippen LogP) is 2.13. The molecule has 0 aromatic carbocycles. The SMILES string of the molecule is CCCn1c(C)ccc(-c2n[nH]c(=S)n2CCOC)c1=O. The summed E-state index contributed by atoms with van der Waals surface area (Å²) in [5, 5.41) is 6.96. The van der Waals surface area contributed by atoms with E-state index in [-0.39, 0.29) is 5.56 Å². The molecule has 0 spiro atoms. The molecule has 2 aromatic rings. The van der Waals surface area contributed by atoms with Crippen LogP contribution in [0.25, 0.3) is 11.4 Å². The third-order valence-corrected chi connectivity index (χ3v) is 3.67. The van der Waals surface area contributed by atoms with Crippen LogP contribution in [0.15, 0.2) is 16.9 Å². The van der Waals surface area contributed by atoms with E-state index in [0.29, 0.717) is 35.9 Å². The zero-order valence-corrected chi connectivity index (χ0v) is 13.4. The highest BCUT2D eigenvalue weighted by Crippen LogP contribution is 2.14. The molecule has 6 nitrogen and oxygen atoms in total. The van der Waals surface area contributed by atoms with Crippen molar-refractivity contribution in [2.24, 2.45) is 0 Å². The van der Waals surface area contributed by atoms with Crippen molar-refractivity contribution in [3.05, 3.63) is 33.0 Å². The first kappa shape index (κ1) is 15.7. The molecule has 0 saturated carbocycles. The van der Waals surface area contributed by atoms with Gasteiger partial charge in [-0.25, -0.2) is 0 Å². The maximum atomic E-state index is 12.6. The number of ether oxygens (including phenoxy) is 1. The topological polar surface area (TPSA) is 64.8 Å². The van der Waals surface area contributed by atoms with Gasteiger partial charge in [0.05, 0.1) is 18.7 Å². The van der Waals surface area contributed by atoms with Gasteiger partial charge in [0, 0.05) is 19.3 Å². The van der Waals surface area contributed by atoms with E-state index in [1.807, 2.05) is 19.9 Å². The highest BCUT2D eigenvalue weighted by molar-refractivity contribution is 7.71. The van der Waals surface area contributed by atoms with Gasteiger partial charge >= 0.3 is 0 Å². The lowest BCUT2D eigenvalue weighted by molar-refractivity contribution is 0.187. The van der Waals surface area contributed by atoms with Gasteiger partial charge in [-0.15, -0.1) is 0 Å². The van der Waals surface area contributed by atoms with Crippen molar-refractivity contribution in [1.82, 2.24) is 19.3 Å². The molecule has 0 fully saturated rings. The van der Waals surface area contributed by atoms with Crippen molar-refractivity contribution >= 4 is 12.2 Å². The minimum Gasteiger partial charge on any atom is -0.383 e. The van der Waals surface area contributed by atoms with Gasteiger partial charge in [0.2, 0.25) is 0 Å². The molecule has 0 bridgehead atoms. The molecule has 0 radical (unpaired) electrons. The van der Waals surface area contributed by atoms with Crippen LogP contribution in [0.4, 0.5) is 0 Å². The highest BCUT2D eigenvalue weighted by atomic mass is 32.1. The van der Waals surface area contributed by atoms with Gasteiger partial charge in [-0.05, 0) is 37.7 Å². The van der Waals surface area contributed by atoms with Gasteiger partial charge in [-0.3, -0.25) is 14.5 Å². The molecule has 21 heavy (non-hydrogen) atoms. The third kappa shape index (κ3) is 3.14. The molecule has 0 unspecified atom stereocenters. The molecule has 114 valence electrons. The minimum atomic E-state index is -0.0375. The van der Waals surface area contributed by atoms with E-state index in [4.69, 9.17) is 17.0 Å². The Morgan fingerprint density at radius 3 is 2.76 bits per heavy atom. The maximum Gasteiger partial charge on any atom is 0.261 e. The van der Waals surface area contributed by atoms with Crippen molar-refractivity contribution in [3.8, 4) is 11.4 Å². The summed E-state index contributed by atoms with van der Waals surface area (Å²) in [7, 11) is 1.63. The van der Waals surface area contributed by atoms with Crippen LogP contribution in [0.1, 0.15) is 19.0 Å². The minimum absolute atomic E-state index is 0.0375. The summed E-state index contributed by atoms with van der Waals surface area (Å²) in [6.07, 6.45) is 0.903. The molecule has 0 atom stereocenters. The van der Waals surface area contributed by atoms with Crippen molar-refractivity contribution in [2.45, 2.75) is 33.4 Å². The highest BCUT2D eigenvalue weighted by Gasteiger charge is 2.14. The van der Waals surface area contributed by atoms with Crippen molar-refractivity contribution in [2.75, 3.05) is 13.7 Å². The van der Waals surface area contributed by atoms with Gasteiger partial charge in [0.25, 0.3) is 5.56 Å². The lowest BCUT2D eigenvalue weighted by atomic mass is 10.2. The zero-order valence-electron chi connectivity index (χ0n) is 12.5. The number of nitrogens with one attached hydrogen (secondary N) is 1. The molecular weight excluding hydrogens is 288 g/mol. The normalized spacial score (nSPS) is 11.0. The molecule has 0 aliphatic rings. The fourth-order valence-corrected chi connectivity index (χ4v) is 2.48. The summed E-state index contributed by atoms with van der Waals surface area (Å²) in [6, 6.07) is 3.74. The Balaban J connectivity index is 2.55. The average molecular weight is 308 g/mol. The van der Waals surface area contributed by atoms with Crippen LogP contribution in [0, 0.1) is 11.7 Å². The van der Waals surface area contributed by atoms with Crippen LogP contribution in [-0.2, 0) is 17.8 Å². The Hall–Kier alpha value is -1.73. The van der Waals surface area contributed by atoms with Crippen LogP contribution >= 0.6 is 12.2 Å². The van der Waals surface area contributed by atoms with E-state index in [2.05, 4.69) is 10.2 Å². The number of aromatic nitrogens is 4. The van der Waals surface area contributed by atoms with Gasteiger partial charge < -0.3 is 9.30 Å². The standard InChI is InChI=1S/C14H20N4O2S/c1-4-7-17-10(2)5-6-11(13(17)19)12-15-16-14(21)18(12)8-9-20-3/h5-6H,4,7-9H2,1-3H3,(H,16,21). The molecule has 7 heteroatoms. The Kier molecular flexibility index (Phi) is 5.08. The Morgan fingerprint density at radius 1 is 1.33 bits per heavy atom.